The summed E-state index contributed by atoms with van der Waals surface area (Å²) in [5, 5.41) is 0. The van der Waals surface area contributed by atoms with E-state index in [0.717, 1.165) is 17.7 Å². The van der Waals surface area contributed by atoms with Crippen LogP contribution in [0, 0.1) is 6.92 Å². The summed E-state index contributed by atoms with van der Waals surface area (Å²) in [7, 11) is 1.68. The number of aromatic nitrogens is 1. The molecule has 0 aliphatic rings. The zero-order valence-electron chi connectivity index (χ0n) is 11.3. The first kappa shape index (κ1) is 13.5. The minimum absolute atomic E-state index is 0.0120. The molecule has 2 aromatic rings. The van der Waals surface area contributed by atoms with E-state index in [4.69, 9.17) is 10.6 Å². The fourth-order valence-electron chi connectivity index (χ4n) is 2.12. The van der Waals surface area contributed by atoms with Crippen LogP contribution in [0.25, 0.3) is 0 Å². The van der Waals surface area contributed by atoms with Crippen LogP contribution in [0.1, 0.15) is 22.7 Å². The molecule has 1 aromatic heterocycles. The van der Waals surface area contributed by atoms with Gasteiger partial charge in [-0.15, -0.1) is 0 Å². The van der Waals surface area contributed by atoms with Crippen LogP contribution in [0.5, 0.6) is 5.75 Å². The van der Waals surface area contributed by atoms with Crippen molar-refractivity contribution in [3.05, 3.63) is 59.4 Å². The van der Waals surface area contributed by atoms with E-state index in [1.165, 1.54) is 11.1 Å². The molecule has 2 rings (SSSR count). The topological polar surface area (TPSA) is 60.2 Å². The van der Waals surface area contributed by atoms with Crippen molar-refractivity contribution in [2.75, 3.05) is 7.11 Å². The first-order valence-corrected chi connectivity index (χ1v) is 6.24. The van der Waals surface area contributed by atoms with Gasteiger partial charge in [0.05, 0.1) is 13.2 Å². The number of nitrogens with one attached hydrogen (secondary N) is 1. The van der Waals surface area contributed by atoms with Gasteiger partial charge in [-0.3, -0.25) is 16.3 Å². The molecule has 1 atom stereocenters. The average Bonchev–Trinajstić information content (AvgIpc) is 2.46. The van der Waals surface area contributed by atoms with E-state index in [1.807, 2.05) is 25.1 Å². The Hall–Kier alpha value is -1.91. The summed E-state index contributed by atoms with van der Waals surface area (Å²) in [5.41, 5.74) is 6.27. The minimum atomic E-state index is 0.0120. The van der Waals surface area contributed by atoms with E-state index in [1.54, 1.807) is 19.5 Å². The molecule has 3 N–H and O–H groups in total. The third kappa shape index (κ3) is 3.30. The standard InChI is InChI=1S/C15H19N3O/c1-11-3-4-13(15(9-11)19-2)14(18-16)10-12-5-7-17-8-6-12/h3-9,14,18H,10,16H2,1-2H3. The number of hydrazine groups is 1. The number of benzene rings is 1. The number of pyridine rings is 1. The van der Waals surface area contributed by atoms with Crippen LogP contribution < -0.4 is 16.0 Å². The highest BCUT2D eigenvalue weighted by molar-refractivity contribution is 5.40. The molecule has 0 aliphatic carbocycles. The lowest BCUT2D eigenvalue weighted by atomic mass is 9.98. The first-order valence-electron chi connectivity index (χ1n) is 6.24. The second kappa shape index (κ2) is 6.31. The van der Waals surface area contributed by atoms with Crippen molar-refractivity contribution in [1.82, 2.24) is 10.4 Å². The number of aryl methyl sites for hydroxylation is 1. The maximum Gasteiger partial charge on any atom is 0.123 e. The van der Waals surface area contributed by atoms with Crippen molar-refractivity contribution in [3.8, 4) is 5.75 Å². The predicted molar refractivity (Wildman–Crippen MR) is 75.7 cm³/mol. The van der Waals surface area contributed by atoms with Gasteiger partial charge in [0.25, 0.3) is 0 Å². The molecule has 1 heterocycles. The van der Waals surface area contributed by atoms with E-state index in [-0.39, 0.29) is 6.04 Å². The molecule has 0 fully saturated rings. The molecule has 0 bridgehead atoms. The largest absolute Gasteiger partial charge is 0.496 e. The van der Waals surface area contributed by atoms with E-state index < -0.39 is 0 Å². The van der Waals surface area contributed by atoms with Gasteiger partial charge in [0.2, 0.25) is 0 Å². The number of hydrogen-bond donors (Lipinski definition) is 2. The van der Waals surface area contributed by atoms with E-state index in [2.05, 4.69) is 22.5 Å². The van der Waals surface area contributed by atoms with Gasteiger partial charge < -0.3 is 4.74 Å². The Morgan fingerprint density at radius 2 is 2.00 bits per heavy atom. The van der Waals surface area contributed by atoms with Gasteiger partial charge in [-0.25, -0.2) is 0 Å². The van der Waals surface area contributed by atoms with Crippen molar-refractivity contribution in [1.29, 1.82) is 0 Å². The monoisotopic (exact) mass is 257 g/mol. The van der Waals surface area contributed by atoms with E-state index in [9.17, 15) is 0 Å². The molecule has 0 amide bonds. The van der Waals surface area contributed by atoms with Crippen LogP contribution in [0.15, 0.2) is 42.7 Å². The van der Waals surface area contributed by atoms with Gasteiger partial charge in [0.1, 0.15) is 5.75 Å². The Balaban J connectivity index is 2.27. The average molecular weight is 257 g/mol. The van der Waals surface area contributed by atoms with Crippen molar-refractivity contribution < 1.29 is 4.74 Å². The number of ether oxygens (including phenoxy) is 1. The summed E-state index contributed by atoms with van der Waals surface area (Å²) in [6.07, 6.45) is 4.36. The molecular weight excluding hydrogens is 238 g/mol. The summed E-state index contributed by atoms with van der Waals surface area (Å²) >= 11 is 0. The lowest BCUT2D eigenvalue weighted by Crippen LogP contribution is -2.30. The van der Waals surface area contributed by atoms with Crippen molar-refractivity contribution in [3.63, 3.8) is 0 Å². The second-order valence-corrected chi connectivity index (χ2v) is 4.52. The van der Waals surface area contributed by atoms with Crippen LogP contribution in [-0.4, -0.2) is 12.1 Å². The van der Waals surface area contributed by atoms with Gasteiger partial charge in [-0.1, -0.05) is 12.1 Å². The molecule has 1 unspecified atom stereocenters. The molecule has 0 spiro atoms. The first-order chi connectivity index (χ1) is 9.24. The highest BCUT2D eigenvalue weighted by Crippen LogP contribution is 2.28. The molecule has 0 saturated heterocycles. The quantitative estimate of drug-likeness (QED) is 0.636. The maximum atomic E-state index is 5.69. The third-order valence-corrected chi connectivity index (χ3v) is 3.15. The second-order valence-electron chi connectivity index (χ2n) is 4.52. The SMILES string of the molecule is COc1cc(C)ccc1C(Cc1ccncc1)NN. The van der Waals surface area contributed by atoms with Crippen LogP contribution >= 0.6 is 0 Å². The number of rotatable bonds is 5. The van der Waals surface area contributed by atoms with Gasteiger partial charge in [0, 0.05) is 18.0 Å². The van der Waals surface area contributed by atoms with Crippen molar-refractivity contribution in [2.45, 2.75) is 19.4 Å². The Kier molecular flexibility index (Phi) is 4.49. The van der Waals surface area contributed by atoms with Gasteiger partial charge in [-0.2, -0.15) is 0 Å². The van der Waals surface area contributed by atoms with E-state index >= 15 is 0 Å². The van der Waals surface area contributed by atoms with Gasteiger partial charge in [0.15, 0.2) is 0 Å². The summed E-state index contributed by atoms with van der Waals surface area (Å²) in [4.78, 5) is 4.02. The smallest absolute Gasteiger partial charge is 0.123 e. The van der Waals surface area contributed by atoms with Crippen LogP contribution in [-0.2, 0) is 6.42 Å². The maximum absolute atomic E-state index is 5.69. The highest BCUT2D eigenvalue weighted by Gasteiger charge is 2.15. The molecular formula is C15H19N3O. The summed E-state index contributed by atoms with van der Waals surface area (Å²) in [6, 6.07) is 10.1. The van der Waals surface area contributed by atoms with Crippen molar-refractivity contribution in [2.24, 2.45) is 5.84 Å². The molecule has 0 saturated carbocycles. The molecule has 0 radical (unpaired) electrons. The Morgan fingerprint density at radius 1 is 1.26 bits per heavy atom. The lowest BCUT2D eigenvalue weighted by molar-refractivity contribution is 0.398. The normalized spacial score (nSPS) is 12.2. The van der Waals surface area contributed by atoms with Crippen LogP contribution in [0.2, 0.25) is 0 Å². The lowest BCUT2D eigenvalue weighted by Gasteiger charge is -2.19. The van der Waals surface area contributed by atoms with E-state index in [0.29, 0.717) is 0 Å². The molecule has 1 aromatic carbocycles. The molecule has 100 valence electrons. The van der Waals surface area contributed by atoms with Gasteiger partial charge in [-0.05, 0) is 42.7 Å². The highest BCUT2D eigenvalue weighted by atomic mass is 16.5. The molecule has 4 heteroatoms. The molecule has 4 nitrogen and oxygen atoms in total. The predicted octanol–water partition coefficient (Wildman–Crippen LogP) is 2.15. The minimum Gasteiger partial charge on any atom is -0.496 e. The fraction of sp³-hybridized carbons (Fsp3) is 0.267. The Morgan fingerprint density at radius 3 is 2.63 bits per heavy atom. The number of nitrogens with zero attached hydrogens (tertiary/aromatic N) is 1. The van der Waals surface area contributed by atoms with Gasteiger partial charge >= 0.3 is 0 Å². The summed E-state index contributed by atoms with van der Waals surface area (Å²) in [5.74, 6) is 6.55. The van der Waals surface area contributed by atoms with Crippen LogP contribution in [0.4, 0.5) is 0 Å². The molecule has 19 heavy (non-hydrogen) atoms. The number of methoxy groups -OCH3 is 1. The summed E-state index contributed by atoms with van der Waals surface area (Å²) < 4.78 is 5.44. The molecule has 0 aliphatic heterocycles. The fourth-order valence-corrected chi connectivity index (χ4v) is 2.12. The summed E-state index contributed by atoms with van der Waals surface area (Å²) in [6.45, 7) is 2.04. The third-order valence-electron chi connectivity index (χ3n) is 3.15. The van der Waals surface area contributed by atoms with Crippen LogP contribution in [0.3, 0.4) is 0 Å². The zero-order chi connectivity index (χ0) is 13.7. The Bertz CT molecular complexity index is 528. The number of nitrogens with two attached hydrogens (primary N) is 1. The Labute approximate surface area is 113 Å². The zero-order valence-corrected chi connectivity index (χ0v) is 11.3. The van der Waals surface area contributed by atoms with Crippen molar-refractivity contribution >= 4 is 0 Å². The number of hydrogen-bond acceptors (Lipinski definition) is 4.